The summed E-state index contributed by atoms with van der Waals surface area (Å²) >= 11 is 1.78. The molecule has 1 aliphatic rings. The minimum Gasteiger partial charge on any atom is -0.342 e. The molecule has 0 spiro atoms. The molecular formula is C36H39N2O2SSi. The fourth-order valence-electron chi connectivity index (χ4n) is 5.96. The molecule has 4 aromatic carbocycles. The Morgan fingerprint density at radius 1 is 0.762 bits per heavy atom. The number of likely N-dealkylation sites (tertiary alicyclic amines) is 1. The standard InChI is InChI=1S/C36H39N2O2SSi/c1-34(2,3)38-32(40)36(42(4)5,37-31(39)26-27-18-10-6-11-19-27)33(38)41-35(28-20-12-7-13-21-28,29-22-14-8-15-23-29)30-24-16-9-17-25-30/h6-25,33H,26H2,1-5H3,(H,37,39)/t33-,36-/m1/s1. The quantitative estimate of drug-likeness (QED) is 0.129. The van der Waals surface area contributed by atoms with Gasteiger partial charge in [-0.2, -0.15) is 0 Å². The smallest absolute Gasteiger partial charge is 0.249 e. The van der Waals surface area contributed by atoms with Gasteiger partial charge in [0.2, 0.25) is 11.8 Å². The molecule has 6 heteroatoms. The van der Waals surface area contributed by atoms with E-state index >= 15 is 0 Å². The number of thioether (sulfide) groups is 1. The van der Waals surface area contributed by atoms with Crippen LogP contribution in [0.15, 0.2) is 121 Å². The summed E-state index contributed by atoms with van der Waals surface area (Å²) in [4.78, 5) is 30.1. The van der Waals surface area contributed by atoms with Gasteiger partial charge in [0.15, 0.2) is 0 Å². The third-order valence-corrected chi connectivity index (χ3v) is 12.3. The lowest BCUT2D eigenvalue weighted by molar-refractivity contribution is -0.160. The first kappa shape index (κ1) is 29.9. The van der Waals surface area contributed by atoms with Gasteiger partial charge in [0, 0.05) is 5.54 Å². The van der Waals surface area contributed by atoms with Crippen molar-refractivity contribution in [3.63, 3.8) is 0 Å². The second-order valence-corrected chi connectivity index (χ2v) is 16.2. The first-order chi connectivity index (χ1) is 20.1. The van der Waals surface area contributed by atoms with E-state index in [-0.39, 0.29) is 23.6 Å². The van der Waals surface area contributed by atoms with Crippen LogP contribution in [0, 0.1) is 0 Å². The number of nitrogens with one attached hydrogen (secondary N) is 1. The molecule has 42 heavy (non-hydrogen) atoms. The van der Waals surface area contributed by atoms with Crippen molar-refractivity contribution in [2.75, 3.05) is 0 Å². The van der Waals surface area contributed by atoms with Crippen LogP contribution in [0.1, 0.15) is 43.0 Å². The Labute approximate surface area is 256 Å². The molecule has 1 fully saturated rings. The fraction of sp³-hybridized carbons (Fsp3) is 0.278. The number of benzene rings is 4. The van der Waals surface area contributed by atoms with E-state index in [2.05, 4.69) is 112 Å². The maximum atomic E-state index is 14.4. The summed E-state index contributed by atoms with van der Waals surface area (Å²) in [5.74, 6) is -0.111. The highest BCUT2D eigenvalue weighted by Crippen LogP contribution is 2.57. The first-order valence-corrected chi connectivity index (χ1v) is 17.8. The first-order valence-electron chi connectivity index (χ1n) is 14.4. The Bertz CT molecular complexity index is 1410. The Morgan fingerprint density at radius 2 is 1.17 bits per heavy atom. The average molecular weight is 592 g/mol. The molecule has 4 aromatic rings. The van der Waals surface area contributed by atoms with Gasteiger partial charge < -0.3 is 10.2 Å². The number of amides is 2. The molecule has 0 saturated carbocycles. The van der Waals surface area contributed by atoms with Gasteiger partial charge in [-0.15, -0.1) is 11.8 Å². The van der Waals surface area contributed by atoms with Crippen molar-refractivity contribution < 1.29 is 9.59 Å². The van der Waals surface area contributed by atoms with Crippen LogP contribution in [0.4, 0.5) is 0 Å². The van der Waals surface area contributed by atoms with Gasteiger partial charge in [0.25, 0.3) is 0 Å². The number of rotatable bonds is 9. The van der Waals surface area contributed by atoms with Gasteiger partial charge in [0.05, 0.1) is 20.0 Å². The van der Waals surface area contributed by atoms with E-state index < -0.39 is 24.2 Å². The van der Waals surface area contributed by atoms with Crippen molar-refractivity contribution in [3.05, 3.63) is 144 Å². The predicted octanol–water partition coefficient (Wildman–Crippen LogP) is 7.07. The summed E-state index contributed by atoms with van der Waals surface area (Å²) in [6.45, 7) is 10.5. The zero-order valence-corrected chi connectivity index (χ0v) is 26.8. The minimum atomic E-state index is -1.37. The van der Waals surface area contributed by atoms with E-state index in [4.69, 9.17) is 0 Å². The van der Waals surface area contributed by atoms with Crippen LogP contribution in [-0.2, 0) is 20.8 Å². The molecule has 5 rings (SSSR count). The Balaban J connectivity index is 1.69. The second-order valence-electron chi connectivity index (χ2n) is 12.1. The highest BCUT2D eigenvalue weighted by molar-refractivity contribution is 8.01. The molecule has 0 aliphatic carbocycles. The van der Waals surface area contributed by atoms with Crippen molar-refractivity contribution in [2.24, 2.45) is 0 Å². The zero-order valence-electron chi connectivity index (χ0n) is 25.0. The van der Waals surface area contributed by atoms with E-state index in [1.54, 1.807) is 11.8 Å². The Morgan fingerprint density at radius 3 is 1.55 bits per heavy atom. The van der Waals surface area contributed by atoms with Gasteiger partial charge >= 0.3 is 0 Å². The number of carbonyl (C=O) groups is 2. The van der Waals surface area contributed by atoms with Crippen LogP contribution in [0.5, 0.6) is 0 Å². The number of hydrogen-bond acceptors (Lipinski definition) is 3. The monoisotopic (exact) mass is 591 g/mol. The maximum absolute atomic E-state index is 14.4. The molecule has 215 valence electrons. The van der Waals surface area contributed by atoms with Gasteiger partial charge in [-0.3, -0.25) is 9.59 Å². The molecule has 0 unspecified atom stereocenters. The SMILES string of the molecule is C[Si](C)[C@]1(NC(=O)Cc2ccccc2)C(=O)N(C(C)(C)C)[C@@H]1SC(c1ccccc1)(c1ccccc1)c1ccccc1. The van der Waals surface area contributed by atoms with Crippen LogP contribution in [0.25, 0.3) is 0 Å². The van der Waals surface area contributed by atoms with E-state index in [9.17, 15) is 9.59 Å². The highest BCUT2D eigenvalue weighted by Gasteiger charge is 2.67. The Hall–Kier alpha value is -3.61. The topological polar surface area (TPSA) is 49.4 Å². The molecule has 4 nitrogen and oxygen atoms in total. The third kappa shape index (κ3) is 5.34. The lowest BCUT2D eigenvalue weighted by atomic mass is 9.84. The van der Waals surface area contributed by atoms with E-state index in [0.717, 1.165) is 22.3 Å². The molecular weight excluding hydrogens is 553 g/mol. The van der Waals surface area contributed by atoms with Crippen LogP contribution in [0.3, 0.4) is 0 Å². The number of nitrogens with zero attached hydrogens (tertiary/aromatic N) is 1. The van der Waals surface area contributed by atoms with Crippen molar-refractivity contribution in [1.82, 2.24) is 10.2 Å². The predicted molar refractivity (Wildman–Crippen MR) is 176 cm³/mol. The molecule has 2 amide bonds. The van der Waals surface area contributed by atoms with E-state index in [0.29, 0.717) is 0 Å². The van der Waals surface area contributed by atoms with E-state index in [1.165, 1.54) is 0 Å². The van der Waals surface area contributed by atoms with Crippen molar-refractivity contribution >= 4 is 32.4 Å². The summed E-state index contributed by atoms with van der Waals surface area (Å²) in [7, 11) is -1.37. The molecule has 1 saturated heterocycles. The van der Waals surface area contributed by atoms with Gasteiger partial charge in [-0.25, -0.2) is 0 Å². The lowest BCUT2D eigenvalue weighted by Crippen LogP contribution is -2.86. The largest absolute Gasteiger partial charge is 0.342 e. The molecule has 1 heterocycles. The van der Waals surface area contributed by atoms with Gasteiger partial charge in [-0.05, 0) is 43.0 Å². The lowest BCUT2D eigenvalue weighted by Gasteiger charge is -2.63. The normalized spacial score (nSPS) is 19.0. The van der Waals surface area contributed by atoms with Crippen molar-refractivity contribution in [1.29, 1.82) is 0 Å². The molecule has 1 aliphatic heterocycles. The van der Waals surface area contributed by atoms with Crippen LogP contribution < -0.4 is 5.32 Å². The zero-order chi connectivity index (χ0) is 30.0. The molecule has 2 atom stereocenters. The molecule has 1 radical (unpaired) electrons. The molecule has 0 aromatic heterocycles. The summed E-state index contributed by atoms with van der Waals surface area (Å²) in [6, 6.07) is 41.4. The van der Waals surface area contributed by atoms with Gasteiger partial charge in [0.1, 0.15) is 10.5 Å². The summed E-state index contributed by atoms with van der Waals surface area (Å²) in [5.41, 5.74) is 3.89. The summed E-state index contributed by atoms with van der Waals surface area (Å²) in [6.07, 6.45) is 0.235. The molecule has 1 N–H and O–H groups in total. The number of hydrogen-bond donors (Lipinski definition) is 1. The minimum absolute atomic E-state index is 0.0101. The Kier molecular flexibility index (Phi) is 8.49. The molecule has 0 bridgehead atoms. The maximum Gasteiger partial charge on any atom is 0.249 e. The van der Waals surface area contributed by atoms with Crippen molar-refractivity contribution in [2.45, 2.75) is 61.1 Å². The number of β-lactam (4-membered cyclic amide) rings is 1. The van der Waals surface area contributed by atoms with Crippen LogP contribution >= 0.6 is 11.8 Å². The second kappa shape index (κ2) is 11.9. The van der Waals surface area contributed by atoms with Crippen molar-refractivity contribution in [3.8, 4) is 0 Å². The number of carbonyl (C=O) groups excluding carboxylic acids is 2. The van der Waals surface area contributed by atoms with Crippen LogP contribution in [0.2, 0.25) is 13.1 Å². The van der Waals surface area contributed by atoms with E-state index in [1.807, 2.05) is 53.4 Å². The average Bonchev–Trinajstić information content (AvgIpc) is 2.99. The fourth-order valence-corrected chi connectivity index (χ4v) is 10.4. The third-order valence-electron chi connectivity index (χ3n) is 8.05. The summed E-state index contributed by atoms with van der Waals surface area (Å²) < 4.78 is -0.634. The van der Waals surface area contributed by atoms with Crippen LogP contribution in [-0.4, -0.2) is 41.6 Å². The summed E-state index contributed by atoms with van der Waals surface area (Å²) in [5, 5.41) is 2.08. The van der Waals surface area contributed by atoms with Gasteiger partial charge in [-0.1, -0.05) is 134 Å². The highest BCUT2D eigenvalue weighted by atomic mass is 32.2.